The molecule has 0 saturated carbocycles. The third-order valence-corrected chi connectivity index (χ3v) is 5.95. The molecule has 2 heterocycles. The van der Waals surface area contributed by atoms with Crippen LogP contribution in [-0.2, 0) is 14.8 Å². The minimum absolute atomic E-state index is 0.149. The van der Waals surface area contributed by atoms with Gasteiger partial charge in [-0.15, -0.1) is 0 Å². The summed E-state index contributed by atoms with van der Waals surface area (Å²) in [6.45, 7) is 2.36. The Kier molecular flexibility index (Phi) is 5.57. The first kappa shape index (κ1) is 19.1. The second kappa shape index (κ2) is 7.89. The van der Waals surface area contributed by atoms with Gasteiger partial charge >= 0.3 is 6.09 Å². The van der Waals surface area contributed by atoms with E-state index in [2.05, 4.69) is 20.0 Å². The molecule has 1 amide bonds. The van der Waals surface area contributed by atoms with Gasteiger partial charge in [0, 0.05) is 24.5 Å². The lowest BCUT2D eigenvalue weighted by Crippen LogP contribution is -2.31. The molecule has 3 rings (SSSR count). The van der Waals surface area contributed by atoms with Crippen molar-refractivity contribution in [2.75, 3.05) is 25.5 Å². The van der Waals surface area contributed by atoms with Crippen molar-refractivity contribution in [1.82, 2.24) is 14.3 Å². The molecule has 0 spiro atoms. The summed E-state index contributed by atoms with van der Waals surface area (Å²) in [5, 5.41) is 2.48. The molecular weight excluding hydrogens is 372 g/mol. The molecule has 1 aliphatic heterocycles. The first-order chi connectivity index (χ1) is 12.9. The molecule has 1 saturated heterocycles. The van der Waals surface area contributed by atoms with Crippen LogP contribution in [0.3, 0.4) is 0 Å². The number of aryl methyl sites for hydroxylation is 1. The number of benzene rings is 1. The van der Waals surface area contributed by atoms with Gasteiger partial charge in [-0.25, -0.2) is 18.2 Å². The maximum Gasteiger partial charge on any atom is 0.411 e. The van der Waals surface area contributed by atoms with Crippen LogP contribution >= 0.6 is 0 Å². The second-order valence-corrected chi connectivity index (χ2v) is 7.91. The van der Waals surface area contributed by atoms with E-state index in [1.165, 1.54) is 35.7 Å². The Morgan fingerprint density at radius 2 is 2.00 bits per heavy atom. The van der Waals surface area contributed by atoms with E-state index >= 15 is 0 Å². The highest BCUT2D eigenvalue weighted by Crippen LogP contribution is 2.24. The summed E-state index contributed by atoms with van der Waals surface area (Å²) in [4.78, 5) is 19.5. The molecule has 27 heavy (non-hydrogen) atoms. The molecule has 2 aromatic rings. The predicted octanol–water partition coefficient (Wildman–Crippen LogP) is 1.81. The molecule has 1 aromatic carbocycles. The van der Waals surface area contributed by atoms with Crippen LogP contribution in [0.15, 0.2) is 41.4 Å². The van der Waals surface area contributed by atoms with Crippen LogP contribution in [0.4, 0.5) is 10.5 Å². The van der Waals surface area contributed by atoms with E-state index in [1.807, 2.05) is 0 Å². The number of anilines is 1. The van der Waals surface area contributed by atoms with E-state index in [0.29, 0.717) is 30.4 Å². The SMILES string of the molecule is COC(=O)Nc1ccc(S(=O)(=O)N2CC[C@@H](Oc3ccnc(C)n3)C2)cc1. The summed E-state index contributed by atoms with van der Waals surface area (Å²) < 4.78 is 37.3. The van der Waals surface area contributed by atoms with Gasteiger partial charge in [0.1, 0.15) is 11.9 Å². The minimum Gasteiger partial charge on any atom is -0.473 e. The van der Waals surface area contributed by atoms with E-state index in [-0.39, 0.29) is 17.5 Å². The Balaban J connectivity index is 1.66. The number of hydrogen-bond donors (Lipinski definition) is 1. The highest BCUT2D eigenvalue weighted by atomic mass is 32.2. The lowest BCUT2D eigenvalue weighted by atomic mass is 10.3. The quantitative estimate of drug-likeness (QED) is 0.826. The highest BCUT2D eigenvalue weighted by Gasteiger charge is 2.33. The average Bonchev–Trinajstić information content (AvgIpc) is 3.11. The fourth-order valence-electron chi connectivity index (χ4n) is 2.71. The Hall–Kier alpha value is -2.72. The topological polar surface area (TPSA) is 111 Å². The number of nitrogens with one attached hydrogen (secondary N) is 1. The average molecular weight is 392 g/mol. The molecule has 0 bridgehead atoms. The van der Waals surface area contributed by atoms with E-state index in [4.69, 9.17) is 4.74 Å². The summed E-state index contributed by atoms with van der Waals surface area (Å²) in [7, 11) is -2.39. The van der Waals surface area contributed by atoms with Crippen molar-refractivity contribution < 1.29 is 22.7 Å². The smallest absolute Gasteiger partial charge is 0.411 e. The van der Waals surface area contributed by atoms with Gasteiger partial charge in [0.15, 0.2) is 0 Å². The standard InChI is InChI=1S/C17H20N4O5S/c1-12-18-9-7-16(19-12)26-14-8-10-21(11-14)27(23,24)15-5-3-13(4-6-15)20-17(22)25-2/h3-7,9,14H,8,10-11H2,1-2H3,(H,20,22)/t14-/m1/s1. The van der Waals surface area contributed by atoms with E-state index in [9.17, 15) is 13.2 Å². The van der Waals surface area contributed by atoms with Gasteiger partial charge in [-0.05, 0) is 37.6 Å². The molecule has 1 aliphatic rings. The lowest BCUT2D eigenvalue weighted by molar-refractivity contribution is 0.187. The molecule has 0 unspecified atom stereocenters. The lowest BCUT2D eigenvalue weighted by Gasteiger charge is -2.17. The Bertz CT molecular complexity index is 917. The van der Waals surface area contributed by atoms with Crippen molar-refractivity contribution in [1.29, 1.82) is 0 Å². The van der Waals surface area contributed by atoms with Crippen molar-refractivity contribution in [2.24, 2.45) is 0 Å². The molecule has 0 aliphatic carbocycles. The van der Waals surface area contributed by atoms with Crippen LogP contribution in [0.5, 0.6) is 5.88 Å². The second-order valence-electron chi connectivity index (χ2n) is 5.97. The van der Waals surface area contributed by atoms with Crippen LogP contribution < -0.4 is 10.1 Å². The fourth-order valence-corrected chi connectivity index (χ4v) is 4.20. The van der Waals surface area contributed by atoms with E-state index in [1.54, 1.807) is 19.2 Å². The third kappa shape index (κ3) is 4.52. The molecule has 1 atom stereocenters. The zero-order valence-electron chi connectivity index (χ0n) is 15.0. The van der Waals surface area contributed by atoms with E-state index < -0.39 is 16.1 Å². The summed E-state index contributed by atoms with van der Waals surface area (Å²) in [5.41, 5.74) is 0.447. The van der Waals surface area contributed by atoms with Gasteiger partial charge in [-0.3, -0.25) is 5.32 Å². The first-order valence-electron chi connectivity index (χ1n) is 8.30. The van der Waals surface area contributed by atoms with Crippen LogP contribution in [0, 0.1) is 6.92 Å². The van der Waals surface area contributed by atoms with Crippen molar-refractivity contribution in [3.05, 3.63) is 42.4 Å². The van der Waals surface area contributed by atoms with Crippen molar-refractivity contribution >= 4 is 21.8 Å². The van der Waals surface area contributed by atoms with Crippen LogP contribution in [-0.4, -0.2) is 55.1 Å². The van der Waals surface area contributed by atoms with Gasteiger partial charge in [0.2, 0.25) is 15.9 Å². The van der Waals surface area contributed by atoms with Gasteiger partial charge < -0.3 is 9.47 Å². The Morgan fingerprint density at radius 3 is 2.67 bits per heavy atom. The Labute approximate surface area is 157 Å². The number of carbonyl (C=O) groups is 1. The molecule has 10 heteroatoms. The van der Waals surface area contributed by atoms with E-state index in [0.717, 1.165) is 0 Å². The number of rotatable bonds is 5. The zero-order chi connectivity index (χ0) is 19.4. The number of methoxy groups -OCH3 is 1. The number of nitrogens with zero attached hydrogens (tertiary/aromatic N) is 3. The zero-order valence-corrected chi connectivity index (χ0v) is 15.8. The van der Waals surface area contributed by atoms with Crippen LogP contribution in [0.25, 0.3) is 0 Å². The molecular formula is C17H20N4O5S. The minimum atomic E-state index is -3.65. The van der Waals surface area contributed by atoms with Crippen molar-refractivity contribution in [3.63, 3.8) is 0 Å². The monoisotopic (exact) mass is 392 g/mol. The number of aromatic nitrogens is 2. The molecule has 9 nitrogen and oxygen atoms in total. The Morgan fingerprint density at radius 1 is 1.26 bits per heavy atom. The summed E-state index contributed by atoms with van der Waals surface area (Å²) in [6.07, 6.45) is 1.29. The largest absolute Gasteiger partial charge is 0.473 e. The molecule has 1 fully saturated rings. The molecule has 1 aromatic heterocycles. The van der Waals surface area contributed by atoms with Crippen molar-refractivity contribution in [3.8, 4) is 5.88 Å². The number of ether oxygens (including phenoxy) is 2. The van der Waals surface area contributed by atoms with Gasteiger partial charge in [0.25, 0.3) is 0 Å². The summed E-state index contributed by atoms with van der Waals surface area (Å²) in [5.74, 6) is 1.03. The number of amides is 1. The number of sulfonamides is 1. The van der Waals surface area contributed by atoms with Gasteiger partial charge in [-0.2, -0.15) is 9.29 Å². The highest BCUT2D eigenvalue weighted by molar-refractivity contribution is 7.89. The number of carbonyl (C=O) groups excluding carboxylic acids is 1. The normalized spacial score (nSPS) is 17.5. The van der Waals surface area contributed by atoms with Gasteiger partial charge in [0.05, 0.1) is 18.6 Å². The third-order valence-electron chi connectivity index (χ3n) is 4.07. The summed E-state index contributed by atoms with van der Waals surface area (Å²) >= 11 is 0. The van der Waals surface area contributed by atoms with Crippen LogP contribution in [0.2, 0.25) is 0 Å². The maximum atomic E-state index is 12.8. The molecule has 0 radical (unpaired) electrons. The van der Waals surface area contributed by atoms with Crippen molar-refractivity contribution in [2.45, 2.75) is 24.3 Å². The predicted molar refractivity (Wildman–Crippen MR) is 97.0 cm³/mol. The van der Waals surface area contributed by atoms with Gasteiger partial charge in [-0.1, -0.05) is 0 Å². The summed E-state index contributed by atoms with van der Waals surface area (Å²) in [6, 6.07) is 7.57. The first-order valence-corrected chi connectivity index (χ1v) is 9.74. The van der Waals surface area contributed by atoms with Crippen LogP contribution in [0.1, 0.15) is 12.2 Å². The molecule has 1 N–H and O–H groups in total. The molecule has 144 valence electrons. The fraction of sp³-hybridized carbons (Fsp3) is 0.353. The number of hydrogen-bond acceptors (Lipinski definition) is 7. The maximum absolute atomic E-state index is 12.8.